The van der Waals surface area contributed by atoms with E-state index >= 15 is 0 Å². The highest BCUT2D eigenvalue weighted by atomic mass is 16.5. The highest BCUT2D eigenvalue weighted by molar-refractivity contribution is 5.97. The van der Waals surface area contributed by atoms with E-state index in [0.29, 0.717) is 11.4 Å². The molecule has 0 aromatic heterocycles. The quantitative estimate of drug-likeness (QED) is 0.388. The van der Waals surface area contributed by atoms with Crippen LogP contribution < -0.4 is 10.1 Å². The van der Waals surface area contributed by atoms with Gasteiger partial charge in [-0.05, 0) is 41.9 Å². The lowest BCUT2D eigenvalue weighted by Gasteiger charge is -2.12. The lowest BCUT2D eigenvalue weighted by Crippen LogP contribution is -2.05. The van der Waals surface area contributed by atoms with E-state index in [2.05, 4.69) is 15.3 Å². The molecule has 2 aromatic rings. The molecule has 0 fully saturated rings. The first kappa shape index (κ1) is 15.2. The molecule has 1 N–H and O–H groups in total. The van der Waals surface area contributed by atoms with Gasteiger partial charge in [0.2, 0.25) is 0 Å². The number of nitrogens with zero attached hydrogens (tertiary/aromatic N) is 3. The average molecular weight is 298 g/mol. The molecule has 0 heterocycles. The van der Waals surface area contributed by atoms with Crippen molar-refractivity contribution in [1.82, 2.24) is 0 Å². The van der Waals surface area contributed by atoms with Gasteiger partial charge in [-0.3, -0.25) is 0 Å². The predicted molar refractivity (Wildman–Crippen MR) is 82.9 cm³/mol. The molecule has 2 aromatic carbocycles. The van der Waals surface area contributed by atoms with Gasteiger partial charge in [-0.1, -0.05) is 11.2 Å². The van der Waals surface area contributed by atoms with E-state index in [4.69, 9.17) is 15.0 Å². The number of hydrogen-bond acceptors (Lipinski definition) is 5. The van der Waals surface area contributed by atoms with Crippen LogP contribution in [0.25, 0.3) is 10.4 Å². The SMILES string of the molecule is COC(=O)c1cc(N=[N+]=[N-])ccc1Nc1ccc(OC)cc1. The Kier molecular flexibility index (Phi) is 4.85. The van der Waals surface area contributed by atoms with Crippen molar-refractivity contribution in [3.63, 3.8) is 0 Å². The second-order valence-electron chi connectivity index (χ2n) is 4.26. The molecule has 22 heavy (non-hydrogen) atoms. The highest BCUT2D eigenvalue weighted by Gasteiger charge is 2.13. The standard InChI is InChI=1S/C15H14N4O3/c1-21-12-6-3-10(4-7-12)17-14-8-5-11(18-19-16)9-13(14)15(20)22-2/h3-9,17H,1-2H3. The van der Waals surface area contributed by atoms with Gasteiger partial charge in [0.05, 0.1) is 25.5 Å². The van der Waals surface area contributed by atoms with E-state index in [1.807, 2.05) is 12.1 Å². The Bertz CT molecular complexity index is 722. The third-order valence-electron chi connectivity index (χ3n) is 2.94. The Morgan fingerprint density at radius 2 is 1.91 bits per heavy atom. The number of methoxy groups -OCH3 is 2. The van der Waals surface area contributed by atoms with Crippen LogP contribution in [0.4, 0.5) is 17.1 Å². The Morgan fingerprint density at radius 3 is 2.50 bits per heavy atom. The number of esters is 1. The molecule has 7 nitrogen and oxygen atoms in total. The van der Waals surface area contributed by atoms with E-state index in [-0.39, 0.29) is 5.56 Å². The van der Waals surface area contributed by atoms with Gasteiger partial charge in [0.15, 0.2) is 0 Å². The number of azide groups is 1. The first-order chi connectivity index (χ1) is 10.7. The lowest BCUT2D eigenvalue weighted by atomic mass is 10.1. The summed E-state index contributed by atoms with van der Waals surface area (Å²) in [6.07, 6.45) is 0. The molecular weight excluding hydrogens is 284 g/mol. The van der Waals surface area contributed by atoms with Crippen LogP contribution in [0.2, 0.25) is 0 Å². The van der Waals surface area contributed by atoms with Crippen LogP contribution in [-0.4, -0.2) is 20.2 Å². The van der Waals surface area contributed by atoms with Crippen molar-refractivity contribution in [3.05, 3.63) is 58.5 Å². The summed E-state index contributed by atoms with van der Waals surface area (Å²) in [7, 11) is 2.88. The third-order valence-corrected chi connectivity index (χ3v) is 2.94. The predicted octanol–water partition coefficient (Wildman–Crippen LogP) is 4.17. The molecule has 0 saturated heterocycles. The molecule has 0 amide bonds. The van der Waals surface area contributed by atoms with Crippen LogP contribution in [0.15, 0.2) is 47.6 Å². The Hall–Kier alpha value is -3.18. The van der Waals surface area contributed by atoms with E-state index in [1.165, 1.54) is 13.2 Å². The lowest BCUT2D eigenvalue weighted by molar-refractivity contribution is 0.0602. The second-order valence-corrected chi connectivity index (χ2v) is 4.26. The van der Waals surface area contributed by atoms with Crippen molar-refractivity contribution in [2.24, 2.45) is 5.11 Å². The maximum Gasteiger partial charge on any atom is 0.339 e. The van der Waals surface area contributed by atoms with Gasteiger partial charge in [-0.2, -0.15) is 0 Å². The molecule has 0 bridgehead atoms. The van der Waals surface area contributed by atoms with Crippen molar-refractivity contribution in [2.45, 2.75) is 0 Å². The maximum atomic E-state index is 11.9. The fourth-order valence-electron chi connectivity index (χ4n) is 1.86. The van der Waals surface area contributed by atoms with E-state index in [1.54, 1.807) is 31.4 Å². The Balaban J connectivity index is 2.35. The second kappa shape index (κ2) is 7.01. The molecule has 0 saturated carbocycles. The fraction of sp³-hybridized carbons (Fsp3) is 0.133. The minimum atomic E-state index is -0.522. The van der Waals surface area contributed by atoms with Gasteiger partial charge >= 0.3 is 5.97 Å². The van der Waals surface area contributed by atoms with Gasteiger partial charge < -0.3 is 14.8 Å². The average Bonchev–Trinajstić information content (AvgIpc) is 2.56. The van der Waals surface area contributed by atoms with Crippen molar-refractivity contribution in [1.29, 1.82) is 0 Å². The number of ether oxygens (including phenoxy) is 2. The van der Waals surface area contributed by atoms with Gasteiger partial charge in [0, 0.05) is 16.3 Å². The summed E-state index contributed by atoms with van der Waals surface area (Å²) in [5.74, 6) is 0.212. The first-order valence-corrected chi connectivity index (χ1v) is 6.36. The summed E-state index contributed by atoms with van der Waals surface area (Å²) in [5.41, 5.74) is 10.4. The molecule has 0 aliphatic rings. The monoisotopic (exact) mass is 298 g/mol. The molecular formula is C15H14N4O3. The van der Waals surface area contributed by atoms with Crippen LogP contribution in [-0.2, 0) is 4.74 Å². The van der Waals surface area contributed by atoms with Crippen molar-refractivity contribution in [3.8, 4) is 5.75 Å². The molecule has 0 unspecified atom stereocenters. The topological polar surface area (TPSA) is 96.3 Å². The number of nitrogens with one attached hydrogen (secondary N) is 1. The smallest absolute Gasteiger partial charge is 0.339 e. The van der Waals surface area contributed by atoms with Gasteiger partial charge in [-0.25, -0.2) is 4.79 Å². The van der Waals surface area contributed by atoms with Crippen LogP contribution >= 0.6 is 0 Å². The van der Waals surface area contributed by atoms with Crippen LogP contribution in [0, 0.1) is 0 Å². The normalized spacial score (nSPS) is 9.55. The van der Waals surface area contributed by atoms with Gasteiger partial charge in [0.25, 0.3) is 0 Å². The zero-order chi connectivity index (χ0) is 15.9. The van der Waals surface area contributed by atoms with Gasteiger partial charge in [-0.15, -0.1) is 0 Å². The highest BCUT2D eigenvalue weighted by Crippen LogP contribution is 2.27. The van der Waals surface area contributed by atoms with E-state index < -0.39 is 5.97 Å². The van der Waals surface area contributed by atoms with Crippen LogP contribution in [0.5, 0.6) is 5.75 Å². The summed E-state index contributed by atoms with van der Waals surface area (Å²) in [6, 6.07) is 12.0. The summed E-state index contributed by atoms with van der Waals surface area (Å²) < 4.78 is 9.84. The van der Waals surface area contributed by atoms with E-state index in [0.717, 1.165) is 11.4 Å². The minimum Gasteiger partial charge on any atom is -0.497 e. The largest absolute Gasteiger partial charge is 0.497 e. The number of hydrogen-bond donors (Lipinski definition) is 1. The number of anilines is 2. The molecule has 0 radical (unpaired) electrons. The molecule has 2 rings (SSSR count). The molecule has 0 aliphatic heterocycles. The first-order valence-electron chi connectivity index (χ1n) is 6.36. The summed E-state index contributed by atoms with van der Waals surface area (Å²) in [6.45, 7) is 0. The molecule has 0 aliphatic carbocycles. The van der Waals surface area contributed by atoms with E-state index in [9.17, 15) is 4.79 Å². The van der Waals surface area contributed by atoms with Crippen LogP contribution in [0.1, 0.15) is 10.4 Å². The molecule has 7 heteroatoms. The zero-order valence-electron chi connectivity index (χ0n) is 12.1. The Labute approximate surface area is 127 Å². The minimum absolute atomic E-state index is 0.281. The summed E-state index contributed by atoms with van der Waals surface area (Å²) >= 11 is 0. The van der Waals surface area contributed by atoms with Crippen molar-refractivity contribution in [2.75, 3.05) is 19.5 Å². The maximum absolute atomic E-state index is 11.9. The molecule has 0 spiro atoms. The fourth-order valence-corrected chi connectivity index (χ4v) is 1.86. The number of rotatable bonds is 5. The van der Waals surface area contributed by atoms with Crippen molar-refractivity contribution >= 4 is 23.0 Å². The third kappa shape index (κ3) is 3.47. The zero-order valence-corrected chi connectivity index (χ0v) is 12.1. The number of carbonyl (C=O) groups excluding carboxylic acids is 1. The van der Waals surface area contributed by atoms with Crippen molar-refractivity contribution < 1.29 is 14.3 Å². The van der Waals surface area contributed by atoms with Gasteiger partial charge in [0.1, 0.15) is 5.75 Å². The molecule has 0 atom stereocenters. The summed E-state index contributed by atoms with van der Waals surface area (Å²) in [4.78, 5) is 14.6. The number of carbonyl (C=O) groups is 1. The molecule has 112 valence electrons. The van der Waals surface area contributed by atoms with Crippen LogP contribution in [0.3, 0.4) is 0 Å². The summed E-state index contributed by atoms with van der Waals surface area (Å²) in [5, 5.41) is 6.60. The number of benzene rings is 2. The Morgan fingerprint density at radius 1 is 1.18 bits per heavy atom.